The number of hydrogen-bond donors (Lipinski definition) is 1. The predicted octanol–water partition coefficient (Wildman–Crippen LogP) is 5.22. The van der Waals surface area contributed by atoms with Gasteiger partial charge in [-0.1, -0.05) is 71.2 Å². The number of anilines is 1. The molecule has 0 radical (unpaired) electrons. The molecule has 0 saturated carbocycles. The first-order valence-corrected chi connectivity index (χ1v) is 10.3. The first-order chi connectivity index (χ1) is 15.3. The van der Waals surface area contributed by atoms with Gasteiger partial charge in [0.2, 0.25) is 0 Å². The second-order valence-corrected chi connectivity index (χ2v) is 8.02. The van der Waals surface area contributed by atoms with Crippen molar-refractivity contribution in [3.8, 4) is 0 Å². The number of ketones is 2. The van der Waals surface area contributed by atoms with Crippen molar-refractivity contribution in [1.82, 2.24) is 0 Å². The normalized spacial score (nSPS) is 12.1. The van der Waals surface area contributed by atoms with Gasteiger partial charge in [-0.3, -0.25) is 14.4 Å². The number of benzene rings is 3. The van der Waals surface area contributed by atoms with E-state index in [2.05, 4.69) is 5.32 Å². The molecule has 3 aromatic carbocycles. The van der Waals surface area contributed by atoms with Crippen LogP contribution in [0.2, 0.25) is 15.1 Å². The zero-order chi connectivity index (χ0) is 23.0. The highest BCUT2D eigenvalue weighted by atomic mass is 35.5. The molecule has 0 bridgehead atoms. The summed E-state index contributed by atoms with van der Waals surface area (Å²) in [6.45, 7) is -0.655. The highest BCUT2D eigenvalue weighted by Gasteiger charge is 2.33. The molecular formula is C23H12Cl3NO5. The van der Waals surface area contributed by atoms with Crippen LogP contribution in [0.25, 0.3) is 0 Å². The number of nitrogens with one attached hydrogen (secondary N) is 1. The Morgan fingerprint density at radius 2 is 1.41 bits per heavy atom. The molecule has 0 aliphatic heterocycles. The zero-order valence-corrected chi connectivity index (χ0v) is 18.3. The van der Waals surface area contributed by atoms with E-state index >= 15 is 0 Å². The van der Waals surface area contributed by atoms with Crippen LogP contribution in [0.15, 0.2) is 54.6 Å². The van der Waals surface area contributed by atoms with E-state index in [1.165, 1.54) is 36.4 Å². The number of rotatable bonds is 4. The molecule has 1 aliphatic rings. The van der Waals surface area contributed by atoms with Gasteiger partial charge in [0.05, 0.1) is 26.3 Å². The summed E-state index contributed by atoms with van der Waals surface area (Å²) in [4.78, 5) is 50.7. The second kappa shape index (κ2) is 8.74. The maximum absolute atomic E-state index is 13.0. The van der Waals surface area contributed by atoms with Crippen molar-refractivity contribution < 1.29 is 23.9 Å². The first kappa shape index (κ1) is 22.0. The maximum atomic E-state index is 13.0. The number of esters is 1. The summed E-state index contributed by atoms with van der Waals surface area (Å²) in [7, 11) is 0. The van der Waals surface area contributed by atoms with Gasteiger partial charge in [-0.15, -0.1) is 0 Å². The minimum atomic E-state index is -0.919. The fraction of sp³-hybridized carbons (Fsp3) is 0.0435. The summed E-state index contributed by atoms with van der Waals surface area (Å²) in [5.41, 5.74) is 0.627. The Kier molecular flexibility index (Phi) is 6.02. The van der Waals surface area contributed by atoms with Crippen molar-refractivity contribution in [2.45, 2.75) is 0 Å². The van der Waals surface area contributed by atoms with Gasteiger partial charge < -0.3 is 10.1 Å². The number of ether oxygens (including phenoxy) is 1. The quantitative estimate of drug-likeness (QED) is 0.314. The average Bonchev–Trinajstić information content (AvgIpc) is 2.79. The summed E-state index contributed by atoms with van der Waals surface area (Å²) in [5.74, 6) is -2.43. The van der Waals surface area contributed by atoms with Gasteiger partial charge in [0.15, 0.2) is 18.2 Å². The molecule has 3 aromatic rings. The van der Waals surface area contributed by atoms with Gasteiger partial charge >= 0.3 is 5.97 Å². The summed E-state index contributed by atoms with van der Waals surface area (Å²) in [5, 5.41) is 3.02. The van der Waals surface area contributed by atoms with Gasteiger partial charge in [0.1, 0.15) is 0 Å². The van der Waals surface area contributed by atoms with Crippen LogP contribution < -0.4 is 5.32 Å². The molecule has 6 nitrogen and oxygen atoms in total. The van der Waals surface area contributed by atoms with E-state index in [0.717, 1.165) is 0 Å². The molecule has 160 valence electrons. The fourth-order valence-electron chi connectivity index (χ4n) is 3.33. The van der Waals surface area contributed by atoms with Crippen LogP contribution in [0.5, 0.6) is 0 Å². The third-order valence-corrected chi connectivity index (χ3v) is 5.83. The summed E-state index contributed by atoms with van der Waals surface area (Å²) < 4.78 is 5.08. The van der Waals surface area contributed by atoms with Gasteiger partial charge in [0, 0.05) is 22.3 Å². The Bertz CT molecular complexity index is 1320. The highest BCUT2D eigenvalue weighted by Crippen LogP contribution is 2.32. The third kappa shape index (κ3) is 4.00. The van der Waals surface area contributed by atoms with Crippen LogP contribution in [0.3, 0.4) is 0 Å². The third-order valence-electron chi connectivity index (χ3n) is 4.79. The summed E-state index contributed by atoms with van der Waals surface area (Å²) in [6, 6.07) is 13.4. The molecule has 0 fully saturated rings. The van der Waals surface area contributed by atoms with Crippen LogP contribution in [-0.2, 0) is 9.53 Å². The molecule has 1 amide bonds. The Hall–Kier alpha value is -3.19. The van der Waals surface area contributed by atoms with E-state index < -0.39 is 24.3 Å². The number of fused-ring (bicyclic) bond motifs is 2. The zero-order valence-electron chi connectivity index (χ0n) is 16.1. The van der Waals surface area contributed by atoms with Crippen LogP contribution in [0.4, 0.5) is 5.69 Å². The van der Waals surface area contributed by atoms with Crippen LogP contribution in [0.1, 0.15) is 42.2 Å². The minimum Gasteiger partial charge on any atom is -0.452 e. The largest absolute Gasteiger partial charge is 0.452 e. The molecule has 4 rings (SSSR count). The summed E-state index contributed by atoms with van der Waals surface area (Å²) >= 11 is 17.8. The van der Waals surface area contributed by atoms with E-state index in [0.29, 0.717) is 0 Å². The van der Waals surface area contributed by atoms with Crippen LogP contribution >= 0.6 is 34.8 Å². The summed E-state index contributed by atoms with van der Waals surface area (Å²) in [6.07, 6.45) is 0. The lowest BCUT2D eigenvalue weighted by Crippen LogP contribution is -2.26. The molecule has 0 heterocycles. The number of carbonyl (C=O) groups is 4. The average molecular weight is 489 g/mol. The van der Waals surface area contributed by atoms with E-state index in [4.69, 9.17) is 39.5 Å². The highest BCUT2D eigenvalue weighted by molar-refractivity contribution is 6.44. The minimum absolute atomic E-state index is 0.0471. The SMILES string of the molecule is O=C(COC(=O)c1cccc2c1C(=O)c1ccccc1C2=O)Nc1cc(Cl)c(Cl)cc1Cl. The van der Waals surface area contributed by atoms with Crippen molar-refractivity contribution in [1.29, 1.82) is 0 Å². The Labute approximate surface area is 197 Å². The predicted molar refractivity (Wildman–Crippen MR) is 120 cm³/mol. The number of hydrogen-bond acceptors (Lipinski definition) is 5. The molecule has 9 heteroatoms. The molecule has 0 spiro atoms. The van der Waals surface area contributed by atoms with Crippen molar-refractivity contribution in [2.24, 2.45) is 0 Å². The topological polar surface area (TPSA) is 89.5 Å². The van der Waals surface area contributed by atoms with Crippen molar-refractivity contribution in [2.75, 3.05) is 11.9 Å². The molecule has 0 aromatic heterocycles. The van der Waals surface area contributed by atoms with E-state index in [-0.39, 0.29) is 54.4 Å². The molecular weight excluding hydrogens is 477 g/mol. The standard InChI is InChI=1S/C23H12Cl3NO5/c24-15-8-17(26)18(9-16(15)25)27-19(28)10-32-23(31)14-7-3-6-13-20(14)22(30)12-5-2-1-4-11(12)21(13)29/h1-9H,10H2,(H,27,28). The smallest absolute Gasteiger partial charge is 0.339 e. The van der Waals surface area contributed by atoms with E-state index in [9.17, 15) is 19.2 Å². The second-order valence-electron chi connectivity index (χ2n) is 6.80. The van der Waals surface area contributed by atoms with E-state index in [1.54, 1.807) is 18.2 Å². The lowest BCUT2D eigenvalue weighted by atomic mass is 9.82. The van der Waals surface area contributed by atoms with Crippen molar-refractivity contribution in [3.63, 3.8) is 0 Å². The molecule has 1 N–H and O–H groups in total. The van der Waals surface area contributed by atoms with Crippen molar-refractivity contribution in [3.05, 3.63) is 97.5 Å². The molecule has 0 saturated heterocycles. The molecule has 0 unspecified atom stereocenters. The van der Waals surface area contributed by atoms with Gasteiger partial charge in [-0.05, 0) is 18.2 Å². The monoisotopic (exact) mass is 487 g/mol. The number of carbonyl (C=O) groups excluding carboxylic acids is 4. The van der Waals surface area contributed by atoms with Crippen molar-refractivity contribution >= 4 is 63.9 Å². The Balaban J connectivity index is 1.53. The first-order valence-electron chi connectivity index (χ1n) is 9.21. The fourth-order valence-corrected chi connectivity index (χ4v) is 3.92. The molecule has 0 atom stereocenters. The van der Waals surface area contributed by atoms with E-state index in [1.807, 2.05) is 0 Å². The van der Waals surface area contributed by atoms with Crippen LogP contribution in [-0.4, -0.2) is 30.0 Å². The van der Waals surface area contributed by atoms with Crippen LogP contribution in [0, 0.1) is 0 Å². The Morgan fingerprint density at radius 3 is 2.12 bits per heavy atom. The number of amides is 1. The lowest BCUT2D eigenvalue weighted by Gasteiger charge is -2.19. The Morgan fingerprint density at radius 1 is 0.781 bits per heavy atom. The molecule has 32 heavy (non-hydrogen) atoms. The van der Waals surface area contributed by atoms with Gasteiger partial charge in [-0.25, -0.2) is 4.79 Å². The maximum Gasteiger partial charge on any atom is 0.339 e. The van der Waals surface area contributed by atoms with Gasteiger partial charge in [0.25, 0.3) is 5.91 Å². The van der Waals surface area contributed by atoms with Gasteiger partial charge in [-0.2, -0.15) is 0 Å². The molecule has 1 aliphatic carbocycles. The lowest BCUT2D eigenvalue weighted by molar-refractivity contribution is -0.119. The number of halogens is 3.